The lowest BCUT2D eigenvalue weighted by atomic mass is 10.1. The van der Waals surface area contributed by atoms with E-state index in [9.17, 15) is 0 Å². The summed E-state index contributed by atoms with van der Waals surface area (Å²) < 4.78 is 1.85. The molecule has 0 aromatic carbocycles. The van der Waals surface area contributed by atoms with Crippen LogP contribution in [0.5, 0.6) is 0 Å². The molecule has 2 nitrogen and oxygen atoms in total. The van der Waals surface area contributed by atoms with Crippen LogP contribution in [0.3, 0.4) is 0 Å². The summed E-state index contributed by atoms with van der Waals surface area (Å²) in [6.07, 6.45) is 0. The summed E-state index contributed by atoms with van der Waals surface area (Å²) in [5.74, 6) is 0.486. The summed E-state index contributed by atoms with van der Waals surface area (Å²) in [6.45, 7) is 6.28. The minimum absolute atomic E-state index is 0.486. The average Bonchev–Trinajstić information content (AvgIpc) is 2.07. The Hall–Kier alpha value is -0.500. The van der Waals surface area contributed by atoms with Gasteiger partial charge in [0.05, 0.1) is 0 Å². The van der Waals surface area contributed by atoms with Crippen LogP contribution in [0.15, 0.2) is 0 Å². The van der Waals surface area contributed by atoms with Crippen LogP contribution in [0.25, 0.3) is 0 Å². The molecular weight excluding hydrogens is 160 g/mol. The van der Waals surface area contributed by atoms with Crippen molar-refractivity contribution < 1.29 is 0 Å². The van der Waals surface area contributed by atoms with Gasteiger partial charge in [0, 0.05) is 18.3 Å². The molecule has 1 aromatic heterocycles. The van der Waals surface area contributed by atoms with Crippen LogP contribution >= 0.6 is 11.6 Å². The molecular formula is C8H13ClN2. The molecule has 0 aliphatic rings. The molecule has 62 valence electrons. The summed E-state index contributed by atoms with van der Waals surface area (Å²) >= 11 is 5.85. The van der Waals surface area contributed by atoms with Crippen LogP contribution < -0.4 is 0 Å². The van der Waals surface area contributed by atoms with Crippen molar-refractivity contribution in [1.29, 1.82) is 0 Å². The number of rotatable bonds is 1. The van der Waals surface area contributed by atoms with E-state index in [-0.39, 0.29) is 0 Å². The average molecular weight is 173 g/mol. The van der Waals surface area contributed by atoms with E-state index in [4.69, 9.17) is 11.6 Å². The minimum atomic E-state index is 0.486. The number of aromatic nitrogens is 2. The molecule has 1 rings (SSSR count). The molecule has 1 heterocycles. The lowest BCUT2D eigenvalue weighted by molar-refractivity contribution is 0.667. The van der Waals surface area contributed by atoms with Gasteiger partial charge in [-0.15, -0.1) is 0 Å². The first-order valence-corrected chi connectivity index (χ1v) is 4.10. The second kappa shape index (κ2) is 2.86. The molecule has 0 unspecified atom stereocenters. The van der Waals surface area contributed by atoms with Crippen LogP contribution in [0.2, 0.25) is 5.15 Å². The molecule has 0 aliphatic carbocycles. The summed E-state index contributed by atoms with van der Waals surface area (Å²) in [5, 5.41) is 4.74. The standard InChI is InChI=1S/C8H13ClN2/c1-5(2)7-6(3)8(9)10-11(7)4/h5H,1-4H3. The predicted molar refractivity (Wildman–Crippen MR) is 47.0 cm³/mol. The fraction of sp³-hybridized carbons (Fsp3) is 0.625. The second-order valence-electron chi connectivity index (χ2n) is 3.08. The zero-order valence-corrected chi connectivity index (χ0v) is 8.11. The summed E-state index contributed by atoms with van der Waals surface area (Å²) in [4.78, 5) is 0. The second-order valence-corrected chi connectivity index (χ2v) is 3.44. The van der Waals surface area contributed by atoms with Gasteiger partial charge in [-0.2, -0.15) is 5.10 Å². The van der Waals surface area contributed by atoms with Crippen LogP contribution in [-0.4, -0.2) is 9.78 Å². The van der Waals surface area contributed by atoms with Gasteiger partial charge in [0.15, 0.2) is 5.15 Å². The molecule has 11 heavy (non-hydrogen) atoms. The van der Waals surface area contributed by atoms with Crippen molar-refractivity contribution in [3.05, 3.63) is 16.4 Å². The highest BCUT2D eigenvalue weighted by Crippen LogP contribution is 2.23. The van der Waals surface area contributed by atoms with Crippen molar-refractivity contribution in [2.75, 3.05) is 0 Å². The van der Waals surface area contributed by atoms with Gasteiger partial charge in [0.2, 0.25) is 0 Å². The monoisotopic (exact) mass is 172 g/mol. The quantitative estimate of drug-likeness (QED) is 0.637. The van der Waals surface area contributed by atoms with E-state index >= 15 is 0 Å². The van der Waals surface area contributed by atoms with Crippen molar-refractivity contribution in [1.82, 2.24) is 9.78 Å². The first-order valence-electron chi connectivity index (χ1n) is 3.73. The van der Waals surface area contributed by atoms with E-state index in [0.717, 1.165) is 5.56 Å². The molecule has 0 atom stereocenters. The molecule has 0 aliphatic heterocycles. The highest BCUT2D eigenvalue weighted by molar-refractivity contribution is 6.30. The Kier molecular flexibility index (Phi) is 2.23. The number of hydrogen-bond acceptors (Lipinski definition) is 1. The van der Waals surface area contributed by atoms with Gasteiger partial charge in [-0.1, -0.05) is 25.4 Å². The molecule has 3 heteroatoms. The number of aryl methyl sites for hydroxylation is 1. The maximum Gasteiger partial charge on any atom is 0.154 e. The van der Waals surface area contributed by atoms with Gasteiger partial charge >= 0.3 is 0 Å². The van der Waals surface area contributed by atoms with E-state index in [2.05, 4.69) is 18.9 Å². The lowest BCUT2D eigenvalue weighted by Gasteiger charge is -2.05. The lowest BCUT2D eigenvalue weighted by Crippen LogP contribution is -2.00. The molecule has 0 amide bonds. The summed E-state index contributed by atoms with van der Waals surface area (Å²) in [7, 11) is 1.92. The maximum atomic E-state index is 5.85. The Morgan fingerprint density at radius 2 is 2.00 bits per heavy atom. The molecule has 0 spiro atoms. The van der Waals surface area contributed by atoms with E-state index in [0.29, 0.717) is 11.1 Å². The Bertz CT molecular complexity index is 263. The first kappa shape index (κ1) is 8.60. The third-order valence-corrected chi connectivity index (χ3v) is 2.19. The van der Waals surface area contributed by atoms with Crippen molar-refractivity contribution in [3.8, 4) is 0 Å². The van der Waals surface area contributed by atoms with E-state index in [1.807, 2.05) is 18.7 Å². The number of hydrogen-bond donors (Lipinski definition) is 0. The Labute approximate surface area is 72.2 Å². The summed E-state index contributed by atoms with van der Waals surface area (Å²) in [6, 6.07) is 0. The molecule has 0 saturated heterocycles. The van der Waals surface area contributed by atoms with E-state index in [1.165, 1.54) is 5.69 Å². The highest BCUT2D eigenvalue weighted by atomic mass is 35.5. The van der Waals surface area contributed by atoms with Gasteiger partial charge in [-0.25, -0.2) is 0 Å². The first-order chi connectivity index (χ1) is 5.04. The zero-order chi connectivity index (χ0) is 8.59. The van der Waals surface area contributed by atoms with E-state index in [1.54, 1.807) is 0 Å². The van der Waals surface area contributed by atoms with Crippen molar-refractivity contribution in [3.63, 3.8) is 0 Å². The molecule has 1 aromatic rings. The highest BCUT2D eigenvalue weighted by Gasteiger charge is 2.12. The maximum absolute atomic E-state index is 5.85. The van der Waals surface area contributed by atoms with Gasteiger partial charge in [-0.3, -0.25) is 4.68 Å². The van der Waals surface area contributed by atoms with Crippen LogP contribution in [0, 0.1) is 6.92 Å². The molecule has 0 N–H and O–H groups in total. The predicted octanol–water partition coefficient (Wildman–Crippen LogP) is 2.51. The minimum Gasteiger partial charge on any atom is -0.271 e. The Balaban J connectivity index is 3.22. The van der Waals surface area contributed by atoms with Gasteiger partial charge < -0.3 is 0 Å². The van der Waals surface area contributed by atoms with Crippen LogP contribution in [0.1, 0.15) is 31.0 Å². The summed E-state index contributed by atoms with van der Waals surface area (Å²) in [5.41, 5.74) is 2.32. The van der Waals surface area contributed by atoms with Gasteiger partial charge in [0.1, 0.15) is 0 Å². The number of halogens is 1. The van der Waals surface area contributed by atoms with Gasteiger partial charge in [0.25, 0.3) is 0 Å². The molecule has 0 bridgehead atoms. The van der Waals surface area contributed by atoms with Gasteiger partial charge in [-0.05, 0) is 12.8 Å². The zero-order valence-electron chi connectivity index (χ0n) is 7.35. The third kappa shape index (κ3) is 1.41. The SMILES string of the molecule is Cc1c(Cl)nn(C)c1C(C)C. The molecule has 0 fully saturated rings. The molecule has 0 saturated carbocycles. The topological polar surface area (TPSA) is 17.8 Å². The fourth-order valence-electron chi connectivity index (χ4n) is 1.42. The normalized spacial score (nSPS) is 11.1. The Morgan fingerprint density at radius 3 is 2.18 bits per heavy atom. The van der Waals surface area contributed by atoms with Crippen molar-refractivity contribution in [2.24, 2.45) is 7.05 Å². The van der Waals surface area contributed by atoms with Crippen LogP contribution in [-0.2, 0) is 7.05 Å². The van der Waals surface area contributed by atoms with Crippen LogP contribution in [0.4, 0.5) is 0 Å². The van der Waals surface area contributed by atoms with Crippen molar-refractivity contribution in [2.45, 2.75) is 26.7 Å². The largest absolute Gasteiger partial charge is 0.271 e. The third-order valence-electron chi connectivity index (χ3n) is 1.83. The Morgan fingerprint density at radius 1 is 1.45 bits per heavy atom. The fourth-order valence-corrected chi connectivity index (χ4v) is 1.63. The molecule has 0 radical (unpaired) electrons. The van der Waals surface area contributed by atoms with Crippen molar-refractivity contribution >= 4 is 11.6 Å². The smallest absolute Gasteiger partial charge is 0.154 e. The van der Waals surface area contributed by atoms with E-state index < -0.39 is 0 Å². The number of nitrogens with zero attached hydrogens (tertiary/aromatic N) is 2.